The fourth-order valence-electron chi connectivity index (χ4n) is 3.01. The molecule has 1 unspecified atom stereocenters. The number of carboxylic acid groups (broad SMARTS) is 1. The fraction of sp³-hybridized carbons (Fsp3) is 0.375. The van der Waals surface area contributed by atoms with Gasteiger partial charge in [0.1, 0.15) is 5.69 Å². The number of ether oxygens (including phenoxy) is 1. The Hall–Kier alpha value is -2.05. The number of aromatic nitrogens is 1. The summed E-state index contributed by atoms with van der Waals surface area (Å²) in [6.07, 6.45) is -0.129. The van der Waals surface area contributed by atoms with Crippen molar-refractivity contribution in [3.63, 3.8) is 0 Å². The molecule has 122 valence electrons. The topological polar surface area (TPSA) is 71.8 Å². The molecule has 6 nitrogen and oxygen atoms in total. The molecule has 2 aromatic rings. The minimum Gasteiger partial charge on any atom is -0.481 e. The number of carboxylic acids is 1. The van der Waals surface area contributed by atoms with Gasteiger partial charge >= 0.3 is 5.97 Å². The van der Waals surface area contributed by atoms with E-state index in [4.69, 9.17) is 21.4 Å². The highest BCUT2D eigenvalue weighted by Crippen LogP contribution is 2.27. The van der Waals surface area contributed by atoms with Crippen LogP contribution in [-0.2, 0) is 16.6 Å². The molecule has 1 aliphatic rings. The maximum Gasteiger partial charge on any atom is 0.305 e. The lowest BCUT2D eigenvalue weighted by Gasteiger charge is -2.34. The van der Waals surface area contributed by atoms with Gasteiger partial charge in [-0.2, -0.15) is 0 Å². The molecular formula is C16H17ClN2O4. The summed E-state index contributed by atoms with van der Waals surface area (Å²) in [5.41, 5.74) is 1.28. The van der Waals surface area contributed by atoms with Crippen LogP contribution >= 0.6 is 11.6 Å². The van der Waals surface area contributed by atoms with Crippen LogP contribution < -0.4 is 0 Å². The van der Waals surface area contributed by atoms with Gasteiger partial charge < -0.3 is 19.3 Å². The minimum atomic E-state index is -0.946. The number of rotatable bonds is 3. The molecule has 1 fully saturated rings. The Kier molecular flexibility index (Phi) is 4.28. The van der Waals surface area contributed by atoms with Crippen LogP contribution in [0.4, 0.5) is 0 Å². The van der Waals surface area contributed by atoms with E-state index in [0.717, 1.165) is 10.9 Å². The fourth-order valence-corrected chi connectivity index (χ4v) is 3.32. The van der Waals surface area contributed by atoms with E-state index >= 15 is 0 Å². The van der Waals surface area contributed by atoms with Gasteiger partial charge in [0, 0.05) is 19.0 Å². The van der Waals surface area contributed by atoms with Crippen LogP contribution in [0.5, 0.6) is 0 Å². The first kappa shape index (κ1) is 15.8. The Labute approximate surface area is 138 Å². The van der Waals surface area contributed by atoms with Gasteiger partial charge in [0.15, 0.2) is 0 Å². The third-order valence-corrected chi connectivity index (χ3v) is 4.43. The predicted octanol–water partition coefficient (Wildman–Crippen LogP) is 2.15. The summed E-state index contributed by atoms with van der Waals surface area (Å²) in [5.74, 6) is -1.15. The summed E-state index contributed by atoms with van der Waals surface area (Å²) in [4.78, 5) is 25.5. The number of halogens is 1. The van der Waals surface area contributed by atoms with Crippen molar-refractivity contribution < 1.29 is 19.4 Å². The number of fused-ring (bicyclic) bond motifs is 1. The Balaban J connectivity index is 1.97. The van der Waals surface area contributed by atoms with Gasteiger partial charge in [-0.3, -0.25) is 9.59 Å². The van der Waals surface area contributed by atoms with Crippen molar-refractivity contribution in [2.45, 2.75) is 12.5 Å². The second kappa shape index (κ2) is 6.22. The zero-order chi connectivity index (χ0) is 16.6. The SMILES string of the molecule is Cn1c(C(=O)N2CCOCC2CC(=O)O)cc2cccc(Cl)c21. The van der Waals surface area contributed by atoms with E-state index in [-0.39, 0.29) is 18.9 Å². The lowest BCUT2D eigenvalue weighted by Crippen LogP contribution is -2.49. The van der Waals surface area contributed by atoms with E-state index in [1.807, 2.05) is 12.1 Å². The molecule has 23 heavy (non-hydrogen) atoms. The third-order valence-electron chi connectivity index (χ3n) is 4.12. The maximum atomic E-state index is 12.9. The zero-order valence-electron chi connectivity index (χ0n) is 12.7. The minimum absolute atomic E-state index is 0.129. The average Bonchev–Trinajstić information content (AvgIpc) is 2.85. The number of morpholine rings is 1. The van der Waals surface area contributed by atoms with Gasteiger partial charge in [-0.05, 0) is 12.1 Å². The van der Waals surface area contributed by atoms with E-state index in [9.17, 15) is 9.59 Å². The number of para-hydroxylation sites is 1. The van der Waals surface area contributed by atoms with Gasteiger partial charge in [0.05, 0.1) is 36.2 Å². The van der Waals surface area contributed by atoms with Crippen molar-refractivity contribution in [1.29, 1.82) is 0 Å². The van der Waals surface area contributed by atoms with E-state index < -0.39 is 12.0 Å². The van der Waals surface area contributed by atoms with Crippen molar-refractivity contribution in [2.24, 2.45) is 7.05 Å². The highest BCUT2D eigenvalue weighted by atomic mass is 35.5. The van der Waals surface area contributed by atoms with Crippen LogP contribution in [0, 0.1) is 0 Å². The van der Waals surface area contributed by atoms with Crippen LogP contribution in [0.15, 0.2) is 24.3 Å². The molecular weight excluding hydrogens is 320 g/mol. The summed E-state index contributed by atoms with van der Waals surface area (Å²) in [5, 5.41) is 10.5. The third kappa shape index (κ3) is 2.92. The van der Waals surface area contributed by atoms with E-state index in [2.05, 4.69) is 0 Å². The number of amides is 1. The molecule has 3 rings (SSSR count). The van der Waals surface area contributed by atoms with E-state index in [1.54, 1.807) is 28.6 Å². The first-order valence-electron chi connectivity index (χ1n) is 7.33. The second-order valence-corrected chi connectivity index (χ2v) is 6.00. The number of carbonyl (C=O) groups is 2. The standard InChI is InChI=1S/C16H17ClN2O4/c1-18-13(7-10-3-2-4-12(17)15(10)18)16(22)19-5-6-23-9-11(19)8-14(20)21/h2-4,7,11H,5-6,8-9H2,1H3,(H,20,21). The molecule has 1 aliphatic heterocycles. The highest BCUT2D eigenvalue weighted by molar-refractivity contribution is 6.35. The molecule has 1 amide bonds. The Bertz CT molecular complexity index is 771. The van der Waals surface area contributed by atoms with Crippen molar-refractivity contribution in [3.8, 4) is 0 Å². The molecule has 1 atom stereocenters. The van der Waals surface area contributed by atoms with Crippen LogP contribution in [0.1, 0.15) is 16.9 Å². The molecule has 0 saturated carbocycles. The van der Waals surface area contributed by atoms with E-state index in [1.165, 1.54) is 0 Å². The van der Waals surface area contributed by atoms with Crippen LogP contribution in [0.2, 0.25) is 5.02 Å². The molecule has 0 bridgehead atoms. The Morgan fingerprint density at radius 2 is 2.22 bits per heavy atom. The number of nitrogens with zero attached hydrogens (tertiary/aromatic N) is 2. The zero-order valence-corrected chi connectivity index (χ0v) is 13.4. The highest BCUT2D eigenvalue weighted by Gasteiger charge is 2.31. The molecule has 1 saturated heterocycles. The number of benzene rings is 1. The number of carbonyl (C=O) groups excluding carboxylic acids is 1. The lowest BCUT2D eigenvalue weighted by atomic mass is 10.1. The van der Waals surface area contributed by atoms with Crippen LogP contribution in [0.25, 0.3) is 10.9 Å². The van der Waals surface area contributed by atoms with E-state index in [0.29, 0.717) is 23.9 Å². The first-order valence-corrected chi connectivity index (χ1v) is 7.71. The van der Waals surface area contributed by atoms with Crippen LogP contribution in [0.3, 0.4) is 0 Å². The summed E-state index contributed by atoms with van der Waals surface area (Å²) in [6.45, 7) is 1.03. The van der Waals surface area contributed by atoms with Gasteiger partial charge in [-0.15, -0.1) is 0 Å². The number of hydrogen-bond donors (Lipinski definition) is 1. The molecule has 7 heteroatoms. The van der Waals surface area contributed by atoms with Gasteiger partial charge in [0.2, 0.25) is 0 Å². The summed E-state index contributed by atoms with van der Waals surface area (Å²) < 4.78 is 7.08. The average molecular weight is 337 g/mol. The molecule has 1 N–H and O–H groups in total. The molecule has 0 radical (unpaired) electrons. The van der Waals surface area contributed by atoms with Crippen molar-refractivity contribution in [2.75, 3.05) is 19.8 Å². The first-order chi connectivity index (χ1) is 11.0. The molecule has 0 aliphatic carbocycles. The molecule has 2 heterocycles. The van der Waals surface area contributed by atoms with Gasteiger partial charge in [-0.1, -0.05) is 23.7 Å². The van der Waals surface area contributed by atoms with Crippen molar-refractivity contribution in [3.05, 3.63) is 35.0 Å². The molecule has 1 aromatic carbocycles. The van der Waals surface area contributed by atoms with Crippen LogP contribution in [-0.4, -0.2) is 52.3 Å². The Morgan fingerprint density at radius 3 is 2.91 bits per heavy atom. The van der Waals surface area contributed by atoms with Gasteiger partial charge in [-0.25, -0.2) is 0 Å². The number of hydrogen-bond acceptors (Lipinski definition) is 3. The quantitative estimate of drug-likeness (QED) is 0.932. The predicted molar refractivity (Wildman–Crippen MR) is 85.8 cm³/mol. The Morgan fingerprint density at radius 1 is 1.43 bits per heavy atom. The lowest BCUT2D eigenvalue weighted by molar-refractivity contribution is -0.139. The summed E-state index contributed by atoms with van der Waals surface area (Å²) >= 11 is 6.22. The normalized spacial score (nSPS) is 18.3. The molecule has 1 aromatic heterocycles. The maximum absolute atomic E-state index is 12.9. The second-order valence-electron chi connectivity index (χ2n) is 5.59. The molecule has 0 spiro atoms. The summed E-state index contributed by atoms with van der Waals surface area (Å²) in [6, 6.07) is 6.84. The smallest absolute Gasteiger partial charge is 0.305 e. The van der Waals surface area contributed by atoms with Gasteiger partial charge in [0.25, 0.3) is 5.91 Å². The number of aryl methyl sites for hydroxylation is 1. The van der Waals surface area contributed by atoms with Crippen molar-refractivity contribution in [1.82, 2.24) is 9.47 Å². The largest absolute Gasteiger partial charge is 0.481 e. The monoisotopic (exact) mass is 336 g/mol. The number of aliphatic carboxylic acids is 1. The summed E-state index contributed by atoms with van der Waals surface area (Å²) in [7, 11) is 1.79. The van der Waals surface area contributed by atoms with Crippen molar-refractivity contribution >= 4 is 34.4 Å².